The summed E-state index contributed by atoms with van der Waals surface area (Å²) in [5.74, 6) is -0.0499. The topological polar surface area (TPSA) is 29.5 Å². The summed E-state index contributed by atoms with van der Waals surface area (Å²) in [5.41, 5.74) is 1.22. The van der Waals surface area contributed by atoms with Gasteiger partial charge in [-0.2, -0.15) is 0 Å². The Morgan fingerprint density at radius 3 is 2.71 bits per heavy atom. The van der Waals surface area contributed by atoms with Gasteiger partial charge in [-0.1, -0.05) is 42.5 Å². The minimum absolute atomic E-state index is 0. The Bertz CT molecular complexity index is 566. The molecule has 3 nitrogen and oxygen atoms in total. The molecule has 4 atom stereocenters. The van der Waals surface area contributed by atoms with Crippen molar-refractivity contribution in [1.82, 2.24) is 4.90 Å². The first-order chi connectivity index (χ1) is 11.3. The molecule has 0 unspecified atom stereocenters. The lowest BCUT2D eigenvalue weighted by Gasteiger charge is -2.43. The van der Waals surface area contributed by atoms with Crippen LogP contribution >= 0.6 is 12.4 Å². The number of fused-ring (bicyclic) bond motifs is 2. The van der Waals surface area contributed by atoms with Gasteiger partial charge in [0.25, 0.3) is 0 Å². The SMILES string of the molecule is COC(=O)[C@H]1[C@@H](c2ccccc2)C[C@@H]2CC[C@H]1N2C/C=C/CF.Cl. The number of esters is 1. The maximum absolute atomic E-state index is 12.5. The second kappa shape index (κ2) is 8.63. The summed E-state index contributed by atoms with van der Waals surface area (Å²) in [7, 11) is 1.47. The van der Waals surface area contributed by atoms with Gasteiger partial charge in [-0.3, -0.25) is 9.69 Å². The van der Waals surface area contributed by atoms with Gasteiger partial charge in [0.15, 0.2) is 0 Å². The van der Waals surface area contributed by atoms with Crippen LogP contribution in [0.5, 0.6) is 0 Å². The largest absolute Gasteiger partial charge is 0.469 e. The molecule has 2 aliphatic heterocycles. The van der Waals surface area contributed by atoms with Gasteiger partial charge in [-0.05, 0) is 24.8 Å². The number of allylic oxidation sites excluding steroid dienone is 1. The molecule has 0 saturated carbocycles. The van der Waals surface area contributed by atoms with Crippen molar-refractivity contribution in [3.05, 3.63) is 48.0 Å². The lowest BCUT2D eigenvalue weighted by Crippen LogP contribution is -2.50. The average Bonchev–Trinajstić information content (AvgIpc) is 2.87. The molecule has 0 radical (unpaired) electrons. The van der Waals surface area contributed by atoms with E-state index in [1.165, 1.54) is 12.7 Å². The predicted molar refractivity (Wildman–Crippen MR) is 95.2 cm³/mol. The fourth-order valence-electron chi connectivity index (χ4n) is 4.36. The number of rotatable bonds is 5. The molecular formula is C19H25ClFNO2. The average molecular weight is 354 g/mol. The zero-order valence-corrected chi connectivity index (χ0v) is 14.8. The van der Waals surface area contributed by atoms with Crippen molar-refractivity contribution in [1.29, 1.82) is 0 Å². The Balaban J connectivity index is 0.00000208. The normalized spacial score (nSPS) is 29.4. The van der Waals surface area contributed by atoms with Crippen LogP contribution in [0.25, 0.3) is 0 Å². The smallest absolute Gasteiger partial charge is 0.310 e. The fourth-order valence-corrected chi connectivity index (χ4v) is 4.36. The van der Waals surface area contributed by atoms with Gasteiger partial charge in [0.05, 0.1) is 13.0 Å². The highest BCUT2D eigenvalue weighted by Gasteiger charge is 2.50. The quantitative estimate of drug-likeness (QED) is 0.596. The molecule has 2 aliphatic rings. The first-order valence-corrected chi connectivity index (χ1v) is 8.35. The molecule has 0 spiro atoms. The van der Waals surface area contributed by atoms with E-state index in [9.17, 15) is 9.18 Å². The first-order valence-electron chi connectivity index (χ1n) is 8.35. The third kappa shape index (κ3) is 3.65. The molecule has 2 fully saturated rings. The number of carbonyl (C=O) groups excluding carboxylic acids is 1. The fraction of sp³-hybridized carbons (Fsp3) is 0.526. The van der Waals surface area contributed by atoms with Crippen molar-refractivity contribution in [3.8, 4) is 0 Å². The number of piperidine rings is 1. The van der Waals surface area contributed by atoms with Crippen molar-refractivity contribution in [2.75, 3.05) is 20.3 Å². The summed E-state index contributed by atoms with van der Waals surface area (Å²) < 4.78 is 17.4. The molecule has 2 heterocycles. The number of carbonyl (C=O) groups is 1. The maximum atomic E-state index is 12.5. The van der Waals surface area contributed by atoms with E-state index >= 15 is 0 Å². The Morgan fingerprint density at radius 2 is 2.04 bits per heavy atom. The van der Waals surface area contributed by atoms with Crippen molar-refractivity contribution in [2.24, 2.45) is 5.92 Å². The molecule has 5 heteroatoms. The van der Waals surface area contributed by atoms with Crippen LogP contribution in [0.2, 0.25) is 0 Å². The van der Waals surface area contributed by atoms with Crippen LogP contribution in [0.4, 0.5) is 4.39 Å². The third-order valence-corrected chi connectivity index (χ3v) is 5.34. The van der Waals surface area contributed by atoms with Gasteiger partial charge >= 0.3 is 5.97 Å². The van der Waals surface area contributed by atoms with Crippen LogP contribution in [-0.2, 0) is 9.53 Å². The molecule has 0 aliphatic carbocycles. The maximum Gasteiger partial charge on any atom is 0.310 e. The number of benzene rings is 1. The van der Waals surface area contributed by atoms with Crippen LogP contribution in [0.15, 0.2) is 42.5 Å². The van der Waals surface area contributed by atoms with Crippen molar-refractivity contribution < 1.29 is 13.9 Å². The molecule has 132 valence electrons. The van der Waals surface area contributed by atoms with Gasteiger partial charge < -0.3 is 4.74 Å². The second-order valence-corrected chi connectivity index (χ2v) is 6.42. The predicted octanol–water partition coefficient (Wildman–Crippen LogP) is 3.74. The first kappa shape index (κ1) is 18.9. The van der Waals surface area contributed by atoms with Gasteiger partial charge in [0.1, 0.15) is 6.67 Å². The lowest BCUT2D eigenvalue weighted by atomic mass is 9.76. The highest BCUT2D eigenvalue weighted by atomic mass is 35.5. The van der Waals surface area contributed by atoms with Crippen LogP contribution in [0.3, 0.4) is 0 Å². The van der Waals surface area contributed by atoms with Gasteiger partial charge in [-0.15, -0.1) is 12.4 Å². The van der Waals surface area contributed by atoms with E-state index in [-0.39, 0.29) is 36.3 Å². The molecule has 24 heavy (non-hydrogen) atoms. The van der Waals surface area contributed by atoms with E-state index in [1.54, 1.807) is 6.08 Å². The Morgan fingerprint density at radius 1 is 1.29 bits per heavy atom. The number of hydrogen-bond acceptors (Lipinski definition) is 3. The monoisotopic (exact) mass is 353 g/mol. The minimum Gasteiger partial charge on any atom is -0.469 e. The summed E-state index contributed by atoms with van der Waals surface area (Å²) in [4.78, 5) is 14.9. The van der Waals surface area contributed by atoms with E-state index in [1.807, 2.05) is 24.3 Å². The second-order valence-electron chi connectivity index (χ2n) is 6.42. The summed E-state index contributed by atoms with van der Waals surface area (Å²) in [6.07, 6.45) is 6.50. The highest BCUT2D eigenvalue weighted by molar-refractivity contribution is 5.85. The van der Waals surface area contributed by atoms with Crippen molar-refractivity contribution in [3.63, 3.8) is 0 Å². The summed E-state index contributed by atoms with van der Waals surface area (Å²) >= 11 is 0. The standard InChI is InChI=1S/C19H24FNO2.ClH/c1-23-19(22)18-16(14-7-3-2-4-8-14)13-15-9-10-17(18)21(15)12-6-5-11-20;/h2-8,15-18H,9-13H2,1H3;1H/b6-5+;/t15-,16+,17+,18-;/m0./s1. The Hall–Kier alpha value is -1.39. The Labute approximate surface area is 149 Å². The van der Waals surface area contributed by atoms with Crippen LogP contribution < -0.4 is 0 Å². The summed E-state index contributed by atoms with van der Waals surface area (Å²) in [6, 6.07) is 10.9. The number of nitrogens with zero attached hydrogens (tertiary/aromatic N) is 1. The zero-order valence-electron chi connectivity index (χ0n) is 13.9. The Kier molecular flexibility index (Phi) is 6.81. The lowest BCUT2D eigenvalue weighted by molar-refractivity contribution is -0.150. The third-order valence-electron chi connectivity index (χ3n) is 5.34. The van der Waals surface area contributed by atoms with Gasteiger partial charge in [0.2, 0.25) is 0 Å². The molecule has 1 aromatic rings. The molecule has 0 amide bonds. The summed E-state index contributed by atoms with van der Waals surface area (Å²) in [5, 5.41) is 0. The van der Waals surface area contributed by atoms with Crippen molar-refractivity contribution >= 4 is 18.4 Å². The van der Waals surface area contributed by atoms with Gasteiger partial charge in [-0.25, -0.2) is 4.39 Å². The van der Waals surface area contributed by atoms with Gasteiger partial charge in [0, 0.05) is 24.5 Å². The summed E-state index contributed by atoms with van der Waals surface area (Å²) in [6.45, 7) is 0.282. The van der Waals surface area contributed by atoms with Crippen LogP contribution in [0.1, 0.15) is 30.7 Å². The van der Waals surface area contributed by atoms with E-state index < -0.39 is 6.67 Å². The minimum atomic E-state index is -0.434. The zero-order chi connectivity index (χ0) is 16.2. The van der Waals surface area contributed by atoms with E-state index in [0.29, 0.717) is 12.6 Å². The molecule has 0 N–H and O–H groups in total. The van der Waals surface area contributed by atoms with Crippen LogP contribution in [-0.4, -0.2) is 43.3 Å². The van der Waals surface area contributed by atoms with E-state index in [2.05, 4.69) is 17.0 Å². The molecule has 1 aromatic carbocycles. The number of halogens is 2. The number of hydrogen-bond donors (Lipinski definition) is 0. The molecule has 3 rings (SSSR count). The molecular weight excluding hydrogens is 329 g/mol. The number of ether oxygens (including phenoxy) is 1. The highest BCUT2D eigenvalue weighted by Crippen LogP contribution is 2.47. The molecule has 2 saturated heterocycles. The van der Waals surface area contributed by atoms with Crippen molar-refractivity contribution in [2.45, 2.75) is 37.3 Å². The number of methoxy groups -OCH3 is 1. The molecule has 2 bridgehead atoms. The van der Waals surface area contributed by atoms with E-state index in [0.717, 1.165) is 19.3 Å². The van der Waals surface area contributed by atoms with E-state index in [4.69, 9.17) is 4.74 Å². The molecule has 0 aromatic heterocycles. The number of alkyl halides is 1. The van der Waals surface area contributed by atoms with Crippen LogP contribution in [0, 0.1) is 5.92 Å².